The molecule has 4 nitrogen and oxygen atoms in total. The molecule has 0 saturated carbocycles. The molecule has 1 spiro atoms. The van der Waals surface area contributed by atoms with E-state index in [0.717, 1.165) is 11.1 Å². The number of allylic oxidation sites excluding steroid dienone is 1. The summed E-state index contributed by atoms with van der Waals surface area (Å²) in [6, 6.07) is 22.0. The summed E-state index contributed by atoms with van der Waals surface area (Å²) in [6.45, 7) is -2.54. The van der Waals surface area contributed by atoms with Crippen molar-refractivity contribution in [1.82, 2.24) is 0 Å². The Kier molecular flexibility index (Phi) is 4.07. The van der Waals surface area contributed by atoms with E-state index in [4.69, 9.17) is 41.5 Å². The van der Waals surface area contributed by atoms with Crippen LogP contribution in [0.15, 0.2) is 78.9 Å². The molecule has 0 atom stereocenters. The van der Waals surface area contributed by atoms with Gasteiger partial charge >= 0.3 is 6.96 Å². The summed E-state index contributed by atoms with van der Waals surface area (Å²) >= 11 is 12.0. The number of hydrogen-bond donors (Lipinski definition) is 0. The van der Waals surface area contributed by atoms with Crippen molar-refractivity contribution < 1.29 is 18.3 Å². The van der Waals surface area contributed by atoms with Crippen molar-refractivity contribution in [3.8, 4) is 11.5 Å². The fraction of sp³-hybridized carbons (Fsp3) is 0. The van der Waals surface area contributed by atoms with Crippen LogP contribution in [0.25, 0.3) is 5.76 Å². The summed E-state index contributed by atoms with van der Waals surface area (Å²) in [5, 5.41) is 1.28. The third-order valence-electron chi connectivity index (χ3n) is 4.45. The first-order chi connectivity index (χ1) is 13.6. The van der Waals surface area contributed by atoms with Crippen molar-refractivity contribution in [1.29, 1.82) is 0 Å². The lowest BCUT2D eigenvalue weighted by Gasteiger charge is -2.25. The molecule has 138 valence electrons. The lowest BCUT2D eigenvalue weighted by molar-refractivity contribution is -0.196. The Balaban J connectivity index is 1.60. The van der Waals surface area contributed by atoms with Gasteiger partial charge in [-0.05, 0) is 60.7 Å². The monoisotopic (exact) mass is 410 g/mol. The Bertz CT molecular complexity index is 1080. The van der Waals surface area contributed by atoms with Crippen molar-refractivity contribution in [3.05, 3.63) is 100 Å². The molecule has 0 bridgehead atoms. The summed E-state index contributed by atoms with van der Waals surface area (Å²) in [6.07, 6.45) is 1.80. The molecular formula is C21H13BCl2O4. The van der Waals surface area contributed by atoms with E-state index < -0.39 is 6.96 Å². The summed E-state index contributed by atoms with van der Waals surface area (Å²) < 4.78 is 24.1. The molecule has 0 saturated heterocycles. The normalized spacial score (nSPS) is 16.4. The number of benzene rings is 3. The molecule has 0 unspecified atom stereocenters. The molecule has 0 aliphatic carbocycles. The van der Waals surface area contributed by atoms with Crippen molar-refractivity contribution in [2.75, 3.05) is 0 Å². The lowest BCUT2D eigenvalue weighted by Crippen LogP contribution is -2.49. The third-order valence-corrected chi connectivity index (χ3v) is 4.96. The van der Waals surface area contributed by atoms with Crippen LogP contribution in [-0.4, -0.2) is 12.7 Å². The second-order valence-corrected chi connectivity index (χ2v) is 7.25. The van der Waals surface area contributed by atoms with Crippen LogP contribution >= 0.6 is 23.2 Å². The second-order valence-electron chi connectivity index (χ2n) is 6.38. The van der Waals surface area contributed by atoms with Crippen molar-refractivity contribution >= 4 is 41.7 Å². The fourth-order valence-electron chi connectivity index (χ4n) is 3.13. The topological polar surface area (TPSA) is 39.0 Å². The number of hydrogen-bond acceptors (Lipinski definition) is 3. The molecule has 28 heavy (non-hydrogen) atoms. The van der Waals surface area contributed by atoms with E-state index in [1.54, 1.807) is 42.5 Å². The van der Waals surface area contributed by atoms with E-state index in [1.807, 2.05) is 36.4 Å². The molecule has 0 radical (unpaired) electrons. The summed E-state index contributed by atoms with van der Waals surface area (Å²) in [7, 11) is 0. The van der Waals surface area contributed by atoms with Crippen LogP contribution in [0.4, 0.5) is 0 Å². The maximum absolute atomic E-state index is 6.09. The van der Waals surface area contributed by atoms with Crippen LogP contribution < -0.4 is 9.31 Å². The summed E-state index contributed by atoms with van der Waals surface area (Å²) in [5.41, 5.74) is 1.65. The zero-order valence-corrected chi connectivity index (χ0v) is 16.0. The molecule has 7 heteroatoms. The number of ketones is 1. The van der Waals surface area contributed by atoms with Gasteiger partial charge in [0.1, 0.15) is 11.5 Å². The molecule has 2 aliphatic rings. The Hall–Kier alpha value is -2.89. The predicted molar refractivity (Wildman–Crippen MR) is 110 cm³/mol. The van der Waals surface area contributed by atoms with Gasteiger partial charge in [-0.2, -0.15) is 0 Å². The number of carbonyl (C=O) groups excluding carboxylic acids is 1. The molecule has 0 N–H and O–H groups in total. The van der Waals surface area contributed by atoms with Crippen LogP contribution in [0.5, 0.6) is 11.5 Å². The fourth-order valence-corrected chi connectivity index (χ4v) is 3.38. The smallest absolute Gasteiger partial charge is 0.551 e. The quantitative estimate of drug-likeness (QED) is 0.402. The molecule has 0 amide bonds. The zero-order chi connectivity index (χ0) is 19.1. The predicted octanol–water partition coefficient (Wildman–Crippen LogP) is 5.69. The second kappa shape index (κ2) is 6.62. The Labute approximate surface area is 171 Å². The van der Waals surface area contributed by atoms with Gasteiger partial charge in [0.15, 0.2) is 0 Å². The minimum absolute atomic E-state index is 0.556. The molecule has 3 aromatic rings. The number of fused-ring (bicyclic) bond motifs is 1. The largest absolute Gasteiger partial charge is 1.04 e. The van der Waals surface area contributed by atoms with E-state index in [-0.39, 0.29) is 0 Å². The Morgan fingerprint density at radius 3 is 1.75 bits per heavy atom. The van der Waals surface area contributed by atoms with Gasteiger partial charge in [-0.25, -0.2) is 0 Å². The molecule has 5 rings (SSSR count). The lowest BCUT2D eigenvalue weighted by atomic mass is 9.99. The van der Waals surface area contributed by atoms with Crippen molar-refractivity contribution in [3.63, 3.8) is 0 Å². The molecular weight excluding hydrogens is 398 g/mol. The molecule has 2 heterocycles. The van der Waals surface area contributed by atoms with E-state index in [9.17, 15) is 0 Å². The zero-order valence-electron chi connectivity index (χ0n) is 14.5. The first kappa shape index (κ1) is 17.2. The third kappa shape index (κ3) is 3.13. The van der Waals surface area contributed by atoms with Gasteiger partial charge in [-0.1, -0.05) is 35.3 Å². The standard InChI is InChI=1S/C21H13BCl2O4/c23-16-9-5-14(6-10-16)20-13-21(15-7-11-17(24)12-8-15)28-22(27-20)25-18-3-1-2-4-19(18)26-22/h1-13H. The molecule has 2 aliphatic heterocycles. The maximum Gasteiger partial charge on any atom is 1.04 e. The highest BCUT2D eigenvalue weighted by atomic mass is 35.5. The highest BCUT2D eigenvalue weighted by molar-refractivity contribution is 6.57. The number of halogens is 2. The highest BCUT2D eigenvalue weighted by Crippen LogP contribution is 2.41. The van der Waals surface area contributed by atoms with Gasteiger partial charge in [-0.15, -0.1) is 0 Å². The Morgan fingerprint density at radius 1 is 0.643 bits per heavy atom. The van der Waals surface area contributed by atoms with Crippen LogP contribution in [-0.2, 0) is 4.65 Å². The van der Waals surface area contributed by atoms with Crippen LogP contribution in [0.1, 0.15) is 15.5 Å². The summed E-state index contributed by atoms with van der Waals surface area (Å²) in [4.78, 5) is 0. The van der Waals surface area contributed by atoms with Gasteiger partial charge in [0.25, 0.3) is 5.78 Å². The summed E-state index contributed by atoms with van der Waals surface area (Å²) in [5.74, 6) is 2.24. The van der Waals surface area contributed by atoms with Gasteiger partial charge in [-0.3, -0.25) is 0 Å². The van der Waals surface area contributed by atoms with E-state index in [0.29, 0.717) is 33.1 Å². The maximum atomic E-state index is 6.09. The average Bonchev–Trinajstić information content (AvgIpc) is 3.05. The molecule has 0 aromatic heterocycles. The van der Waals surface area contributed by atoms with Crippen molar-refractivity contribution in [2.24, 2.45) is 0 Å². The van der Waals surface area contributed by atoms with Gasteiger partial charge < -0.3 is 18.3 Å². The van der Waals surface area contributed by atoms with Crippen LogP contribution in [0, 0.1) is 0 Å². The average molecular weight is 411 g/mol. The van der Waals surface area contributed by atoms with Crippen LogP contribution in [0.3, 0.4) is 0 Å². The van der Waals surface area contributed by atoms with E-state index >= 15 is 0 Å². The number of para-hydroxylation sites is 2. The van der Waals surface area contributed by atoms with Gasteiger partial charge in [0, 0.05) is 15.6 Å². The minimum atomic E-state index is -2.54. The first-order valence-electron chi connectivity index (χ1n) is 8.68. The molecule has 0 fully saturated rings. The highest BCUT2D eigenvalue weighted by Gasteiger charge is 2.64. The Morgan fingerprint density at radius 2 is 1.18 bits per heavy atom. The minimum Gasteiger partial charge on any atom is -0.551 e. The van der Waals surface area contributed by atoms with Gasteiger partial charge in [0.2, 0.25) is 0 Å². The van der Waals surface area contributed by atoms with Crippen LogP contribution in [0.2, 0.25) is 10.0 Å². The first-order valence-corrected chi connectivity index (χ1v) is 9.44. The van der Waals surface area contributed by atoms with E-state index in [1.165, 1.54) is 0 Å². The van der Waals surface area contributed by atoms with Crippen molar-refractivity contribution in [2.45, 2.75) is 0 Å². The number of rotatable bonds is 2. The SMILES string of the molecule is Clc1ccc(C2=CC(c3ccc(Cl)cc3)=[O+][B-]3(O2)Oc2ccccc2O3)cc1. The van der Waals surface area contributed by atoms with Gasteiger partial charge in [0.05, 0.1) is 17.4 Å². The van der Waals surface area contributed by atoms with E-state index in [2.05, 4.69) is 0 Å². The molecule has 3 aromatic carbocycles.